The summed E-state index contributed by atoms with van der Waals surface area (Å²) in [5, 5.41) is 8.62. The summed E-state index contributed by atoms with van der Waals surface area (Å²) in [4.78, 5) is 26.9. The first kappa shape index (κ1) is 20.4. The van der Waals surface area contributed by atoms with Crippen molar-refractivity contribution in [1.29, 1.82) is 0 Å². The molecule has 0 bridgehead atoms. The van der Waals surface area contributed by atoms with E-state index in [4.69, 9.17) is 0 Å². The maximum Gasteiger partial charge on any atom is 0.315 e. The largest absolute Gasteiger partial charge is 0.354 e. The number of fused-ring (bicyclic) bond motifs is 1. The number of benzene rings is 2. The summed E-state index contributed by atoms with van der Waals surface area (Å²) in [6, 6.07) is 6.86. The van der Waals surface area contributed by atoms with Gasteiger partial charge in [-0.15, -0.1) is 0 Å². The molecule has 32 heavy (non-hydrogen) atoms. The molecule has 0 radical (unpaired) electrons. The summed E-state index contributed by atoms with van der Waals surface area (Å²) in [5.41, 5.74) is 2.22. The fourth-order valence-corrected chi connectivity index (χ4v) is 4.60. The molecule has 6 nitrogen and oxygen atoms in total. The van der Waals surface area contributed by atoms with Crippen molar-refractivity contribution in [3.63, 3.8) is 0 Å². The van der Waals surface area contributed by atoms with Crippen LogP contribution in [0.4, 0.5) is 18.0 Å². The Hall–Kier alpha value is -3.49. The molecule has 2 aromatic carbocycles. The van der Waals surface area contributed by atoms with Crippen LogP contribution in [-0.4, -0.2) is 35.6 Å². The zero-order chi connectivity index (χ0) is 22.4. The monoisotopic (exact) mass is 442 g/mol. The fourth-order valence-electron chi connectivity index (χ4n) is 4.60. The van der Waals surface area contributed by atoms with E-state index in [1.165, 1.54) is 18.2 Å². The van der Waals surface area contributed by atoms with Crippen molar-refractivity contribution in [3.8, 4) is 11.3 Å². The highest BCUT2D eigenvalue weighted by Gasteiger charge is 2.36. The van der Waals surface area contributed by atoms with Gasteiger partial charge in [0.05, 0.1) is 11.2 Å². The summed E-state index contributed by atoms with van der Waals surface area (Å²) < 4.78 is 41.9. The van der Waals surface area contributed by atoms with Crippen LogP contribution in [-0.2, 0) is 4.79 Å². The highest BCUT2D eigenvalue weighted by molar-refractivity contribution is 5.92. The van der Waals surface area contributed by atoms with E-state index in [2.05, 4.69) is 20.9 Å². The van der Waals surface area contributed by atoms with E-state index in [1.54, 1.807) is 12.1 Å². The number of hydrogen-bond donors (Lipinski definition) is 4. The van der Waals surface area contributed by atoms with Gasteiger partial charge in [-0.1, -0.05) is 0 Å². The number of nitrogens with one attached hydrogen (secondary N) is 4. The number of halogens is 3. The third kappa shape index (κ3) is 3.68. The molecule has 3 aromatic rings. The van der Waals surface area contributed by atoms with E-state index in [0.29, 0.717) is 42.5 Å². The van der Waals surface area contributed by atoms with Gasteiger partial charge in [0, 0.05) is 24.0 Å². The quantitative estimate of drug-likeness (QED) is 0.497. The Kier molecular flexibility index (Phi) is 5.03. The van der Waals surface area contributed by atoms with Gasteiger partial charge in [0.1, 0.15) is 23.5 Å². The lowest BCUT2D eigenvalue weighted by molar-refractivity contribution is -0.120. The molecule has 1 aromatic heterocycles. The summed E-state index contributed by atoms with van der Waals surface area (Å²) in [6.07, 6.45) is 1.69. The maximum absolute atomic E-state index is 14.5. The summed E-state index contributed by atoms with van der Waals surface area (Å²) in [5.74, 6) is -2.01. The lowest BCUT2D eigenvalue weighted by atomic mass is 9.74. The highest BCUT2D eigenvalue weighted by atomic mass is 19.1. The molecule has 1 atom stereocenters. The van der Waals surface area contributed by atoms with Crippen LogP contribution in [0.3, 0.4) is 0 Å². The number of aromatic nitrogens is 1. The normalized spacial score (nSPS) is 22.5. The first-order valence-electron chi connectivity index (χ1n) is 10.5. The van der Waals surface area contributed by atoms with Crippen molar-refractivity contribution in [3.05, 3.63) is 59.4 Å². The first-order valence-corrected chi connectivity index (χ1v) is 10.5. The van der Waals surface area contributed by atoms with Gasteiger partial charge < -0.3 is 20.9 Å². The van der Waals surface area contributed by atoms with Crippen molar-refractivity contribution >= 4 is 22.8 Å². The zero-order valence-corrected chi connectivity index (χ0v) is 17.0. The van der Waals surface area contributed by atoms with Gasteiger partial charge in [-0.05, 0) is 66.6 Å². The molecule has 166 valence electrons. The van der Waals surface area contributed by atoms with Gasteiger partial charge in [-0.2, -0.15) is 0 Å². The van der Waals surface area contributed by atoms with E-state index in [0.717, 1.165) is 11.6 Å². The molecule has 0 unspecified atom stereocenters. The van der Waals surface area contributed by atoms with Crippen LogP contribution in [0.25, 0.3) is 22.2 Å². The van der Waals surface area contributed by atoms with Gasteiger partial charge in [-0.3, -0.25) is 4.79 Å². The van der Waals surface area contributed by atoms with Crippen LogP contribution >= 0.6 is 0 Å². The average Bonchev–Trinajstić information content (AvgIpc) is 3.29. The molecular formula is C23H21F3N4O2. The Morgan fingerprint density at radius 3 is 2.44 bits per heavy atom. The van der Waals surface area contributed by atoms with Crippen LogP contribution in [0, 0.1) is 17.5 Å². The van der Waals surface area contributed by atoms with Crippen LogP contribution in [0.1, 0.15) is 30.7 Å². The predicted molar refractivity (Wildman–Crippen MR) is 112 cm³/mol. The van der Waals surface area contributed by atoms with Crippen molar-refractivity contribution < 1.29 is 22.8 Å². The molecular weight excluding hydrogens is 421 g/mol. The second-order valence-corrected chi connectivity index (χ2v) is 8.35. The Labute approximate surface area is 181 Å². The number of carbonyl (C=O) groups excluding carboxylic acids is 2. The molecule has 0 spiro atoms. The number of aromatic amines is 1. The van der Waals surface area contributed by atoms with E-state index < -0.39 is 29.5 Å². The van der Waals surface area contributed by atoms with Gasteiger partial charge in [0.2, 0.25) is 5.91 Å². The summed E-state index contributed by atoms with van der Waals surface area (Å²) in [6.45, 7) is 0.537. The van der Waals surface area contributed by atoms with Crippen LogP contribution in [0.15, 0.2) is 36.4 Å². The maximum atomic E-state index is 14.5. The van der Waals surface area contributed by atoms with Crippen molar-refractivity contribution in [2.24, 2.45) is 0 Å². The van der Waals surface area contributed by atoms with Gasteiger partial charge in [0.25, 0.3) is 0 Å². The van der Waals surface area contributed by atoms with E-state index in [1.807, 2.05) is 0 Å². The molecule has 2 heterocycles. The van der Waals surface area contributed by atoms with Crippen LogP contribution < -0.4 is 16.0 Å². The molecule has 9 heteroatoms. The molecule has 1 aliphatic heterocycles. The van der Waals surface area contributed by atoms with Crippen LogP contribution in [0.2, 0.25) is 0 Å². The number of urea groups is 1. The van der Waals surface area contributed by atoms with Crippen LogP contribution in [0.5, 0.6) is 0 Å². The minimum Gasteiger partial charge on any atom is -0.354 e. The minimum absolute atomic E-state index is 0.0508. The van der Waals surface area contributed by atoms with Gasteiger partial charge >= 0.3 is 6.03 Å². The SMILES string of the molecule is O=C(N[C@H]1CCNC1=O)N[C@H]1C[C@H](c2c(-c3ccc(F)cc3)[nH]c3c(F)cc(F)cc32)C1. The zero-order valence-electron chi connectivity index (χ0n) is 17.0. The number of amides is 3. The molecule has 3 amide bonds. The van der Waals surface area contributed by atoms with E-state index in [9.17, 15) is 22.8 Å². The summed E-state index contributed by atoms with van der Waals surface area (Å²) in [7, 11) is 0. The molecule has 2 aliphatic rings. The average molecular weight is 442 g/mol. The lowest BCUT2D eigenvalue weighted by Gasteiger charge is -2.36. The molecule has 1 aliphatic carbocycles. The Bertz CT molecular complexity index is 1200. The second-order valence-electron chi connectivity index (χ2n) is 8.35. The van der Waals surface area contributed by atoms with Crippen molar-refractivity contribution in [2.75, 3.05) is 6.54 Å². The van der Waals surface area contributed by atoms with E-state index in [-0.39, 0.29) is 23.4 Å². The lowest BCUT2D eigenvalue weighted by Crippen LogP contribution is -2.51. The summed E-state index contributed by atoms with van der Waals surface area (Å²) >= 11 is 0. The Morgan fingerprint density at radius 2 is 1.75 bits per heavy atom. The highest BCUT2D eigenvalue weighted by Crippen LogP contribution is 2.45. The third-order valence-electron chi connectivity index (χ3n) is 6.23. The van der Waals surface area contributed by atoms with Crippen molar-refractivity contribution in [1.82, 2.24) is 20.9 Å². The Balaban J connectivity index is 1.38. The Morgan fingerprint density at radius 1 is 1.00 bits per heavy atom. The molecule has 1 saturated heterocycles. The number of hydrogen-bond acceptors (Lipinski definition) is 2. The third-order valence-corrected chi connectivity index (χ3v) is 6.23. The molecule has 5 rings (SSSR count). The van der Waals surface area contributed by atoms with Gasteiger partial charge in [-0.25, -0.2) is 18.0 Å². The number of H-pyrrole nitrogens is 1. The van der Waals surface area contributed by atoms with Gasteiger partial charge in [0.15, 0.2) is 0 Å². The molecule has 2 fully saturated rings. The number of rotatable bonds is 4. The number of carbonyl (C=O) groups is 2. The standard InChI is InChI=1S/C23H21F3N4O2/c24-13-3-1-11(2-4-13)20-19(16-9-14(25)10-17(26)21(16)30-20)12-7-15(8-12)28-23(32)29-18-5-6-27-22(18)31/h1-4,9-10,12,15,18,30H,5-8H2,(H,27,31)(H2,28,29,32)/t12-,15-,18-/m0/s1. The van der Waals surface area contributed by atoms with E-state index >= 15 is 0 Å². The predicted octanol–water partition coefficient (Wildman–Crippen LogP) is 3.69. The molecule has 1 saturated carbocycles. The fraction of sp³-hybridized carbons (Fsp3) is 0.304. The minimum atomic E-state index is -0.696. The van der Waals surface area contributed by atoms with Crippen molar-refractivity contribution in [2.45, 2.75) is 37.3 Å². The smallest absolute Gasteiger partial charge is 0.315 e. The first-order chi connectivity index (χ1) is 15.4. The topological polar surface area (TPSA) is 86.0 Å². The molecule has 4 N–H and O–H groups in total. The second kappa shape index (κ2) is 7.89.